The van der Waals surface area contributed by atoms with Gasteiger partial charge in [-0.2, -0.15) is 0 Å². The van der Waals surface area contributed by atoms with Crippen molar-refractivity contribution in [3.8, 4) is 0 Å². The molecule has 0 aliphatic rings. The molecule has 0 aromatic carbocycles. The number of carbonyl (C=O) groups is 1. The summed E-state index contributed by atoms with van der Waals surface area (Å²) >= 11 is 1.30. The summed E-state index contributed by atoms with van der Waals surface area (Å²) in [6.07, 6.45) is 0. The first-order valence-electron chi connectivity index (χ1n) is 4.68. The number of thioether (sulfide) groups is 1. The summed E-state index contributed by atoms with van der Waals surface area (Å²) in [5, 5.41) is 23.6. The Bertz CT molecular complexity index is 523. The number of carboxylic acid groups (broad SMARTS) is 1. The van der Waals surface area contributed by atoms with Gasteiger partial charge in [-0.15, -0.1) is 5.10 Å². The van der Waals surface area contributed by atoms with E-state index in [2.05, 4.69) is 20.7 Å². The number of hydrogen-bond donors (Lipinski definition) is 1. The van der Waals surface area contributed by atoms with Crippen molar-refractivity contribution < 1.29 is 14.4 Å². The number of aliphatic carboxylic acids is 1. The van der Waals surface area contributed by atoms with Crippen LogP contribution in [0.25, 0.3) is 0 Å². The summed E-state index contributed by atoms with van der Waals surface area (Å²) in [4.78, 5) is 10.5. The van der Waals surface area contributed by atoms with Gasteiger partial charge in [0, 0.05) is 11.8 Å². The Kier molecular flexibility index (Phi) is 3.38. The van der Waals surface area contributed by atoms with Crippen LogP contribution in [-0.4, -0.2) is 36.4 Å². The third-order valence-corrected chi connectivity index (χ3v) is 2.80. The Labute approximate surface area is 100.0 Å². The molecule has 0 fully saturated rings. The van der Waals surface area contributed by atoms with Crippen molar-refractivity contribution >= 4 is 17.7 Å². The molecule has 2 heterocycles. The largest absolute Gasteiger partial charge is 0.480 e. The third kappa shape index (κ3) is 3.03. The molecule has 17 heavy (non-hydrogen) atoms. The highest BCUT2D eigenvalue weighted by atomic mass is 32.2. The normalized spacial score (nSPS) is 10.6. The van der Waals surface area contributed by atoms with Crippen molar-refractivity contribution in [3.05, 3.63) is 17.5 Å². The molecule has 2 rings (SSSR count). The van der Waals surface area contributed by atoms with Crippen molar-refractivity contribution in [1.29, 1.82) is 0 Å². The van der Waals surface area contributed by atoms with E-state index in [-0.39, 0.29) is 6.54 Å². The zero-order valence-corrected chi connectivity index (χ0v) is 9.72. The molecular weight excluding hydrogens is 246 g/mol. The van der Waals surface area contributed by atoms with Crippen molar-refractivity contribution in [1.82, 2.24) is 25.4 Å². The van der Waals surface area contributed by atoms with Gasteiger partial charge in [0.2, 0.25) is 5.16 Å². The zero-order valence-electron chi connectivity index (χ0n) is 8.90. The summed E-state index contributed by atoms with van der Waals surface area (Å²) in [5.74, 6) is 0.263. The molecule has 0 aliphatic heterocycles. The predicted octanol–water partition coefficient (Wildman–Crippen LogP) is 0.346. The van der Waals surface area contributed by atoms with Crippen LogP contribution in [0, 0.1) is 6.92 Å². The van der Waals surface area contributed by atoms with Crippen LogP contribution in [0.4, 0.5) is 0 Å². The average molecular weight is 255 g/mol. The molecule has 2 aromatic rings. The molecular formula is C8H9N5O3S. The molecule has 8 nitrogen and oxygen atoms in total. The van der Waals surface area contributed by atoms with E-state index in [1.807, 2.05) is 0 Å². The molecule has 0 bridgehead atoms. The lowest BCUT2D eigenvalue weighted by atomic mass is 10.4. The topological polar surface area (TPSA) is 107 Å². The lowest BCUT2D eigenvalue weighted by Gasteiger charge is -1.98. The summed E-state index contributed by atoms with van der Waals surface area (Å²) in [5.41, 5.74) is 0.761. The van der Waals surface area contributed by atoms with Gasteiger partial charge in [0.15, 0.2) is 0 Å². The number of tetrazole rings is 1. The first-order valence-corrected chi connectivity index (χ1v) is 5.66. The van der Waals surface area contributed by atoms with Gasteiger partial charge >= 0.3 is 5.97 Å². The van der Waals surface area contributed by atoms with E-state index in [9.17, 15) is 4.79 Å². The van der Waals surface area contributed by atoms with Crippen LogP contribution in [0.1, 0.15) is 11.5 Å². The molecule has 0 radical (unpaired) electrons. The second kappa shape index (κ2) is 4.95. The third-order valence-electron chi connectivity index (χ3n) is 1.81. The van der Waals surface area contributed by atoms with E-state index >= 15 is 0 Å². The van der Waals surface area contributed by atoms with Gasteiger partial charge in [-0.1, -0.05) is 16.9 Å². The lowest BCUT2D eigenvalue weighted by Crippen LogP contribution is -2.11. The second-order valence-electron chi connectivity index (χ2n) is 3.23. The molecule has 0 amide bonds. The maximum Gasteiger partial charge on any atom is 0.325 e. The van der Waals surface area contributed by atoms with E-state index in [4.69, 9.17) is 9.63 Å². The molecule has 0 saturated carbocycles. The second-order valence-corrected chi connectivity index (χ2v) is 4.17. The Hall–Kier alpha value is -1.90. The quantitative estimate of drug-likeness (QED) is 0.762. The van der Waals surface area contributed by atoms with Crippen LogP contribution in [-0.2, 0) is 17.1 Å². The smallest absolute Gasteiger partial charge is 0.325 e. The van der Waals surface area contributed by atoms with Gasteiger partial charge in [-0.25, -0.2) is 4.68 Å². The first kappa shape index (κ1) is 11.6. The molecule has 90 valence electrons. The summed E-state index contributed by atoms with van der Waals surface area (Å²) in [7, 11) is 0. The fraction of sp³-hybridized carbons (Fsp3) is 0.375. The number of aromatic nitrogens is 5. The maximum absolute atomic E-state index is 10.5. The van der Waals surface area contributed by atoms with Gasteiger partial charge in [-0.3, -0.25) is 4.79 Å². The zero-order chi connectivity index (χ0) is 12.3. The molecule has 1 N–H and O–H groups in total. The molecule has 0 unspecified atom stereocenters. The average Bonchev–Trinajstić information content (AvgIpc) is 2.84. The monoisotopic (exact) mass is 255 g/mol. The van der Waals surface area contributed by atoms with Crippen LogP contribution in [0.15, 0.2) is 15.7 Å². The van der Waals surface area contributed by atoms with Crippen LogP contribution < -0.4 is 0 Å². The minimum atomic E-state index is -0.989. The SMILES string of the molecule is Cc1cc(CSc2nnnn2CC(=O)O)no1. The van der Waals surface area contributed by atoms with E-state index in [0.29, 0.717) is 10.9 Å². The molecule has 0 spiro atoms. The van der Waals surface area contributed by atoms with Crippen molar-refractivity contribution in [2.24, 2.45) is 0 Å². The van der Waals surface area contributed by atoms with E-state index in [0.717, 1.165) is 11.5 Å². The van der Waals surface area contributed by atoms with E-state index < -0.39 is 5.97 Å². The predicted molar refractivity (Wildman–Crippen MR) is 56.3 cm³/mol. The van der Waals surface area contributed by atoms with Crippen molar-refractivity contribution in [2.45, 2.75) is 24.4 Å². The fourth-order valence-corrected chi connectivity index (χ4v) is 1.91. The van der Waals surface area contributed by atoms with Crippen LogP contribution in [0.2, 0.25) is 0 Å². The Balaban J connectivity index is 1.99. The Morgan fingerprint density at radius 3 is 3.12 bits per heavy atom. The standard InChI is InChI=1S/C8H9N5O3S/c1-5-2-6(10-16-5)4-17-8-9-11-12-13(8)3-7(14)15/h2H,3-4H2,1H3,(H,14,15). The van der Waals surface area contributed by atoms with E-state index in [1.54, 1.807) is 13.0 Å². The van der Waals surface area contributed by atoms with Crippen LogP contribution in [0.3, 0.4) is 0 Å². The molecule has 0 saturated heterocycles. The van der Waals surface area contributed by atoms with Crippen LogP contribution in [0.5, 0.6) is 0 Å². The first-order chi connectivity index (χ1) is 8.15. The molecule has 9 heteroatoms. The fourth-order valence-electron chi connectivity index (χ4n) is 1.15. The Morgan fingerprint density at radius 1 is 1.65 bits per heavy atom. The van der Waals surface area contributed by atoms with Crippen LogP contribution >= 0.6 is 11.8 Å². The highest BCUT2D eigenvalue weighted by Gasteiger charge is 2.11. The summed E-state index contributed by atoms with van der Waals surface area (Å²) in [6.45, 7) is 1.54. The maximum atomic E-state index is 10.5. The number of rotatable bonds is 5. The van der Waals surface area contributed by atoms with Gasteiger partial charge in [0.25, 0.3) is 0 Å². The van der Waals surface area contributed by atoms with Crippen molar-refractivity contribution in [2.75, 3.05) is 0 Å². The van der Waals surface area contributed by atoms with E-state index in [1.165, 1.54) is 16.4 Å². The van der Waals surface area contributed by atoms with Gasteiger partial charge in [-0.05, 0) is 17.4 Å². The number of aryl methyl sites for hydroxylation is 1. The number of carboxylic acids is 1. The van der Waals surface area contributed by atoms with Gasteiger partial charge < -0.3 is 9.63 Å². The summed E-state index contributed by atoms with van der Waals surface area (Å²) < 4.78 is 6.14. The summed E-state index contributed by atoms with van der Waals surface area (Å²) in [6, 6.07) is 1.80. The molecule has 0 atom stereocenters. The number of hydrogen-bond acceptors (Lipinski definition) is 7. The number of nitrogens with zero attached hydrogens (tertiary/aromatic N) is 5. The highest BCUT2D eigenvalue weighted by Crippen LogP contribution is 2.19. The molecule has 2 aromatic heterocycles. The van der Waals surface area contributed by atoms with Gasteiger partial charge in [0.1, 0.15) is 12.3 Å². The van der Waals surface area contributed by atoms with Crippen molar-refractivity contribution in [3.63, 3.8) is 0 Å². The highest BCUT2D eigenvalue weighted by molar-refractivity contribution is 7.98. The Morgan fingerprint density at radius 2 is 2.47 bits per heavy atom. The minimum absolute atomic E-state index is 0.257. The molecule has 0 aliphatic carbocycles. The minimum Gasteiger partial charge on any atom is -0.480 e. The lowest BCUT2D eigenvalue weighted by molar-refractivity contribution is -0.138. The van der Waals surface area contributed by atoms with Gasteiger partial charge in [0.05, 0.1) is 5.69 Å².